The first-order valence-electron chi connectivity index (χ1n) is 7.41. The maximum atomic E-state index is 12.3. The van der Waals surface area contributed by atoms with E-state index in [0.717, 1.165) is 0 Å². The van der Waals surface area contributed by atoms with Crippen LogP contribution in [-0.4, -0.2) is 21.7 Å². The molecule has 0 radical (unpaired) electrons. The molecule has 5 nitrogen and oxygen atoms in total. The molecule has 1 N–H and O–H groups in total. The van der Waals surface area contributed by atoms with Crippen molar-refractivity contribution in [1.29, 1.82) is 0 Å². The Labute approximate surface area is 141 Å². The molecule has 1 atom stereocenters. The molecule has 0 spiro atoms. The zero-order chi connectivity index (χ0) is 18.0. The number of halogens is 3. The minimum Gasteiger partial charge on any atom is -0.406 e. The largest absolute Gasteiger partial charge is 0.573 e. The number of carbonyl (C=O) groups excluding carboxylic acids is 1. The van der Waals surface area contributed by atoms with E-state index in [2.05, 4.69) is 15.0 Å². The molecule has 3 aromatic rings. The van der Waals surface area contributed by atoms with Gasteiger partial charge in [0.25, 0.3) is 5.91 Å². The standard InChI is InChI=1S/C17H14F3N3O2/c1-11(12-2-4-14(5-3-12)25-17(18,19)20)22-16(24)13-6-8-23-9-7-21-15(23)10-13/h2-11H,1H3,(H,22,24)/t11-/m0/s1. The number of pyridine rings is 1. The van der Waals surface area contributed by atoms with Crippen LogP contribution in [0.1, 0.15) is 28.9 Å². The number of benzene rings is 1. The van der Waals surface area contributed by atoms with Gasteiger partial charge in [-0.05, 0) is 36.8 Å². The number of nitrogens with one attached hydrogen (secondary N) is 1. The third-order valence-electron chi connectivity index (χ3n) is 3.62. The van der Waals surface area contributed by atoms with Gasteiger partial charge in [-0.3, -0.25) is 4.79 Å². The molecule has 8 heteroatoms. The van der Waals surface area contributed by atoms with Crippen LogP contribution in [-0.2, 0) is 0 Å². The lowest BCUT2D eigenvalue weighted by molar-refractivity contribution is -0.274. The second kappa shape index (κ2) is 6.46. The van der Waals surface area contributed by atoms with Crippen molar-refractivity contribution in [3.05, 3.63) is 66.1 Å². The zero-order valence-corrected chi connectivity index (χ0v) is 13.1. The Bertz CT molecular complexity index is 888. The van der Waals surface area contributed by atoms with E-state index < -0.39 is 6.36 Å². The van der Waals surface area contributed by atoms with Crippen LogP contribution in [0.15, 0.2) is 55.0 Å². The van der Waals surface area contributed by atoms with E-state index in [-0.39, 0.29) is 17.7 Å². The van der Waals surface area contributed by atoms with Crippen molar-refractivity contribution in [1.82, 2.24) is 14.7 Å². The summed E-state index contributed by atoms with van der Waals surface area (Å²) in [7, 11) is 0. The number of ether oxygens (including phenoxy) is 1. The normalized spacial score (nSPS) is 12.8. The number of alkyl halides is 3. The van der Waals surface area contributed by atoms with Crippen LogP contribution in [0.2, 0.25) is 0 Å². The van der Waals surface area contributed by atoms with Gasteiger partial charge in [-0.1, -0.05) is 12.1 Å². The summed E-state index contributed by atoms with van der Waals surface area (Å²) in [6, 6.07) is 8.31. The fraction of sp³-hybridized carbons (Fsp3) is 0.176. The molecule has 0 fully saturated rings. The van der Waals surface area contributed by atoms with Gasteiger partial charge in [-0.25, -0.2) is 4.98 Å². The van der Waals surface area contributed by atoms with E-state index in [4.69, 9.17) is 0 Å². The quantitative estimate of drug-likeness (QED) is 0.781. The number of nitrogens with zero attached hydrogens (tertiary/aromatic N) is 2. The van der Waals surface area contributed by atoms with E-state index in [1.807, 2.05) is 0 Å². The Morgan fingerprint density at radius 2 is 1.92 bits per heavy atom. The molecule has 130 valence electrons. The predicted molar refractivity (Wildman–Crippen MR) is 84.2 cm³/mol. The SMILES string of the molecule is C[C@H](NC(=O)c1ccn2ccnc2c1)c1ccc(OC(F)(F)F)cc1. The van der Waals surface area contributed by atoms with Crippen LogP contribution in [0.3, 0.4) is 0 Å². The number of amides is 1. The number of hydrogen-bond donors (Lipinski definition) is 1. The monoisotopic (exact) mass is 349 g/mol. The van der Waals surface area contributed by atoms with Crippen LogP contribution in [0.4, 0.5) is 13.2 Å². The highest BCUT2D eigenvalue weighted by atomic mass is 19.4. The highest BCUT2D eigenvalue weighted by Crippen LogP contribution is 2.24. The molecule has 0 aliphatic heterocycles. The minimum atomic E-state index is -4.73. The molecule has 0 bridgehead atoms. The Hall–Kier alpha value is -3.03. The van der Waals surface area contributed by atoms with Crippen LogP contribution in [0, 0.1) is 0 Å². The molecule has 1 amide bonds. The first kappa shape index (κ1) is 16.8. The number of fused-ring (bicyclic) bond motifs is 1. The molecule has 25 heavy (non-hydrogen) atoms. The van der Waals surface area contributed by atoms with E-state index >= 15 is 0 Å². The van der Waals surface area contributed by atoms with Gasteiger partial charge in [0.2, 0.25) is 0 Å². The van der Waals surface area contributed by atoms with Crippen LogP contribution in [0.25, 0.3) is 5.65 Å². The third kappa shape index (κ3) is 4.09. The van der Waals surface area contributed by atoms with Crippen LogP contribution < -0.4 is 10.1 Å². The first-order chi connectivity index (χ1) is 11.8. The molecule has 3 rings (SSSR count). The van der Waals surface area contributed by atoms with Gasteiger partial charge >= 0.3 is 6.36 Å². The van der Waals surface area contributed by atoms with Gasteiger partial charge in [0.15, 0.2) is 0 Å². The van der Waals surface area contributed by atoms with E-state index in [9.17, 15) is 18.0 Å². The summed E-state index contributed by atoms with van der Waals surface area (Å²) >= 11 is 0. The maximum absolute atomic E-state index is 12.3. The van der Waals surface area contributed by atoms with Gasteiger partial charge < -0.3 is 14.5 Å². The van der Waals surface area contributed by atoms with E-state index in [1.165, 1.54) is 24.3 Å². The number of carbonyl (C=O) groups is 1. The molecular weight excluding hydrogens is 335 g/mol. The van der Waals surface area contributed by atoms with Gasteiger partial charge in [0.05, 0.1) is 6.04 Å². The molecule has 0 unspecified atom stereocenters. The zero-order valence-electron chi connectivity index (χ0n) is 13.1. The highest BCUT2D eigenvalue weighted by molar-refractivity contribution is 5.95. The first-order valence-corrected chi connectivity index (χ1v) is 7.41. The van der Waals surface area contributed by atoms with Gasteiger partial charge in [-0.15, -0.1) is 13.2 Å². The topological polar surface area (TPSA) is 55.6 Å². The number of aromatic nitrogens is 2. The summed E-state index contributed by atoms with van der Waals surface area (Å²) in [5.41, 5.74) is 1.75. The maximum Gasteiger partial charge on any atom is 0.573 e. The second-order valence-corrected chi connectivity index (χ2v) is 5.42. The Morgan fingerprint density at radius 3 is 2.60 bits per heavy atom. The van der Waals surface area contributed by atoms with Gasteiger partial charge in [0, 0.05) is 24.2 Å². The van der Waals surface area contributed by atoms with Gasteiger partial charge in [0.1, 0.15) is 11.4 Å². The fourth-order valence-corrected chi connectivity index (χ4v) is 2.37. The average molecular weight is 349 g/mol. The Balaban J connectivity index is 1.68. The summed E-state index contributed by atoms with van der Waals surface area (Å²) < 4.78 is 42.1. The molecule has 0 saturated carbocycles. The third-order valence-corrected chi connectivity index (χ3v) is 3.62. The van der Waals surface area contributed by atoms with Crippen molar-refractivity contribution in [3.8, 4) is 5.75 Å². The van der Waals surface area contributed by atoms with Crippen molar-refractivity contribution in [2.24, 2.45) is 0 Å². The lowest BCUT2D eigenvalue weighted by Crippen LogP contribution is -2.26. The number of hydrogen-bond acceptors (Lipinski definition) is 3. The summed E-state index contributed by atoms with van der Waals surface area (Å²) in [5.74, 6) is -0.604. The van der Waals surface area contributed by atoms with Crippen molar-refractivity contribution < 1.29 is 22.7 Å². The lowest BCUT2D eigenvalue weighted by atomic mass is 10.1. The highest BCUT2D eigenvalue weighted by Gasteiger charge is 2.31. The summed E-state index contributed by atoms with van der Waals surface area (Å²) in [6.45, 7) is 1.74. The predicted octanol–water partition coefficient (Wildman–Crippen LogP) is 3.72. The lowest BCUT2D eigenvalue weighted by Gasteiger charge is -2.15. The molecule has 0 aliphatic carbocycles. The van der Waals surface area contributed by atoms with Crippen molar-refractivity contribution in [3.63, 3.8) is 0 Å². The Kier molecular flexibility index (Phi) is 4.35. The van der Waals surface area contributed by atoms with Gasteiger partial charge in [-0.2, -0.15) is 0 Å². The smallest absolute Gasteiger partial charge is 0.406 e. The Morgan fingerprint density at radius 1 is 1.20 bits per heavy atom. The summed E-state index contributed by atoms with van der Waals surface area (Å²) in [5, 5.41) is 2.80. The molecule has 2 heterocycles. The number of rotatable bonds is 4. The average Bonchev–Trinajstić information content (AvgIpc) is 3.01. The number of imidazole rings is 1. The fourth-order valence-electron chi connectivity index (χ4n) is 2.37. The van der Waals surface area contributed by atoms with Crippen molar-refractivity contribution in [2.75, 3.05) is 0 Å². The molecule has 0 aliphatic rings. The van der Waals surface area contributed by atoms with Crippen LogP contribution in [0.5, 0.6) is 5.75 Å². The van der Waals surface area contributed by atoms with Crippen LogP contribution >= 0.6 is 0 Å². The summed E-state index contributed by atoms with van der Waals surface area (Å²) in [4.78, 5) is 16.4. The molecule has 2 aromatic heterocycles. The molecule has 0 saturated heterocycles. The van der Waals surface area contributed by atoms with Crippen molar-refractivity contribution in [2.45, 2.75) is 19.3 Å². The van der Waals surface area contributed by atoms with E-state index in [1.54, 1.807) is 42.0 Å². The van der Waals surface area contributed by atoms with Crippen molar-refractivity contribution >= 4 is 11.6 Å². The molecular formula is C17H14F3N3O2. The minimum absolute atomic E-state index is 0.298. The van der Waals surface area contributed by atoms with E-state index in [0.29, 0.717) is 16.8 Å². The summed E-state index contributed by atoms with van der Waals surface area (Å²) in [6.07, 6.45) is 0.395. The molecule has 1 aromatic carbocycles. The second-order valence-electron chi connectivity index (χ2n) is 5.42.